The van der Waals surface area contributed by atoms with Crippen molar-refractivity contribution >= 4 is 5.91 Å². The lowest BCUT2D eigenvalue weighted by molar-refractivity contribution is -0.125. The van der Waals surface area contributed by atoms with Crippen LogP contribution in [0.15, 0.2) is 0 Å². The third-order valence-electron chi connectivity index (χ3n) is 3.24. The van der Waals surface area contributed by atoms with Crippen LogP contribution in [0.5, 0.6) is 0 Å². The van der Waals surface area contributed by atoms with Crippen LogP contribution in [-0.2, 0) is 4.79 Å². The summed E-state index contributed by atoms with van der Waals surface area (Å²) in [5.74, 6) is 0.173. The van der Waals surface area contributed by atoms with Gasteiger partial charge in [-0.2, -0.15) is 0 Å². The predicted molar refractivity (Wildman–Crippen MR) is 61.5 cm³/mol. The zero-order chi connectivity index (χ0) is 11.3. The van der Waals surface area contributed by atoms with E-state index >= 15 is 0 Å². The van der Waals surface area contributed by atoms with E-state index in [2.05, 4.69) is 24.1 Å². The minimum absolute atomic E-state index is 0.0881. The Hall–Kier alpha value is -0.610. The fourth-order valence-electron chi connectivity index (χ4n) is 2.19. The molecule has 4 nitrogen and oxygen atoms in total. The van der Waals surface area contributed by atoms with Crippen LogP contribution in [-0.4, -0.2) is 43.0 Å². The number of nitrogens with zero attached hydrogens (tertiary/aromatic N) is 1. The van der Waals surface area contributed by atoms with E-state index in [1.807, 2.05) is 0 Å². The number of amides is 1. The van der Waals surface area contributed by atoms with Crippen molar-refractivity contribution < 1.29 is 4.79 Å². The van der Waals surface area contributed by atoms with E-state index in [9.17, 15) is 4.79 Å². The number of nitrogens with two attached hydrogens (primary N) is 1. The van der Waals surface area contributed by atoms with E-state index in [1.54, 1.807) is 0 Å². The summed E-state index contributed by atoms with van der Waals surface area (Å²) in [5, 5.41) is 3.33. The molecule has 2 atom stereocenters. The highest BCUT2D eigenvalue weighted by atomic mass is 16.1. The maximum atomic E-state index is 11.5. The Balaban J connectivity index is 2.64. The second-order valence-electron chi connectivity index (χ2n) is 4.37. The van der Waals surface area contributed by atoms with Crippen molar-refractivity contribution in [2.45, 2.75) is 32.7 Å². The van der Waals surface area contributed by atoms with Crippen LogP contribution < -0.4 is 11.1 Å². The standard InChI is InChI=1S/C11H23N3O/c1-3-9(2)10(11(12)15)14-7-4-5-13-6-8-14/h9-10,13H,3-8H2,1-2H3,(H2,12,15). The van der Waals surface area contributed by atoms with Gasteiger partial charge in [-0.25, -0.2) is 0 Å². The van der Waals surface area contributed by atoms with Gasteiger partial charge in [0.25, 0.3) is 0 Å². The molecule has 0 radical (unpaired) electrons. The van der Waals surface area contributed by atoms with Crippen molar-refractivity contribution in [3.05, 3.63) is 0 Å². The Morgan fingerprint density at radius 3 is 2.80 bits per heavy atom. The topological polar surface area (TPSA) is 58.4 Å². The highest BCUT2D eigenvalue weighted by Crippen LogP contribution is 2.15. The van der Waals surface area contributed by atoms with Crippen LogP contribution in [0.25, 0.3) is 0 Å². The predicted octanol–water partition coefficient (Wildman–Crippen LogP) is 0.182. The van der Waals surface area contributed by atoms with E-state index in [4.69, 9.17) is 5.73 Å². The molecular formula is C11H23N3O. The minimum Gasteiger partial charge on any atom is -0.368 e. The smallest absolute Gasteiger partial charge is 0.235 e. The lowest BCUT2D eigenvalue weighted by Crippen LogP contribution is -2.49. The van der Waals surface area contributed by atoms with E-state index in [-0.39, 0.29) is 11.9 Å². The van der Waals surface area contributed by atoms with Crippen molar-refractivity contribution in [1.82, 2.24) is 10.2 Å². The molecule has 0 spiro atoms. The molecule has 1 amide bonds. The van der Waals surface area contributed by atoms with Crippen molar-refractivity contribution in [3.63, 3.8) is 0 Å². The van der Waals surface area contributed by atoms with Crippen molar-refractivity contribution in [3.8, 4) is 0 Å². The van der Waals surface area contributed by atoms with Gasteiger partial charge >= 0.3 is 0 Å². The lowest BCUT2D eigenvalue weighted by Gasteiger charge is -2.31. The highest BCUT2D eigenvalue weighted by Gasteiger charge is 2.28. The Morgan fingerprint density at radius 1 is 1.47 bits per heavy atom. The first-order valence-corrected chi connectivity index (χ1v) is 5.91. The van der Waals surface area contributed by atoms with E-state index < -0.39 is 0 Å². The Labute approximate surface area is 92.2 Å². The summed E-state index contributed by atoms with van der Waals surface area (Å²) >= 11 is 0. The molecule has 1 saturated heterocycles. The van der Waals surface area contributed by atoms with Gasteiger partial charge in [-0.3, -0.25) is 9.69 Å². The Kier molecular flexibility index (Phi) is 5.05. The average Bonchev–Trinajstić information content (AvgIpc) is 2.46. The van der Waals surface area contributed by atoms with Gasteiger partial charge in [-0.05, 0) is 18.9 Å². The molecule has 0 aromatic heterocycles. The summed E-state index contributed by atoms with van der Waals surface area (Å²) in [6.07, 6.45) is 2.09. The van der Waals surface area contributed by atoms with Crippen LogP contribution in [0.2, 0.25) is 0 Å². The third-order valence-corrected chi connectivity index (χ3v) is 3.24. The molecule has 88 valence electrons. The van der Waals surface area contributed by atoms with Gasteiger partial charge in [0.05, 0.1) is 6.04 Å². The van der Waals surface area contributed by atoms with Crippen molar-refractivity contribution in [2.24, 2.45) is 11.7 Å². The van der Waals surface area contributed by atoms with Gasteiger partial charge in [0.15, 0.2) is 0 Å². The molecule has 4 heteroatoms. The highest BCUT2D eigenvalue weighted by molar-refractivity contribution is 5.80. The molecule has 0 aromatic carbocycles. The number of primary amides is 1. The number of rotatable bonds is 4. The van der Waals surface area contributed by atoms with Gasteiger partial charge in [0, 0.05) is 19.6 Å². The summed E-state index contributed by atoms with van der Waals surface area (Å²) in [6, 6.07) is -0.0881. The molecule has 1 heterocycles. The quantitative estimate of drug-likeness (QED) is 0.700. The third kappa shape index (κ3) is 3.47. The SMILES string of the molecule is CCC(C)C(C(N)=O)N1CCCNCC1. The second kappa shape index (κ2) is 6.08. The fourth-order valence-corrected chi connectivity index (χ4v) is 2.19. The number of nitrogens with one attached hydrogen (secondary N) is 1. The molecule has 1 rings (SSSR count). The first kappa shape index (κ1) is 12.5. The monoisotopic (exact) mass is 213 g/mol. The molecule has 3 N–H and O–H groups in total. The van der Waals surface area contributed by atoms with Crippen molar-refractivity contribution in [1.29, 1.82) is 0 Å². The van der Waals surface area contributed by atoms with Crippen molar-refractivity contribution in [2.75, 3.05) is 26.2 Å². The summed E-state index contributed by atoms with van der Waals surface area (Å²) in [6.45, 7) is 8.12. The normalized spacial score (nSPS) is 23.1. The largest absolute Gasteiger partial charge is 0.368 e. The fraction of sp³-hybridized carbons (Fsp3) is 0.909. The first-order valence-electron chi connectivity index (χ1n) is 5.91. The molecular weight excluding hydrogens is 190 g/mol. The van der Waals surface area contributed by atoms with Crippen LogP contribution in [0.4, 0.5) is 0 Å². The molecule has 1 aliphatic rings. The molecule has 1 aliphatic heterocycles. The first-order chi connectivity index (χ1) is 7.16. The molecule has 1 fully saturated rings. The minimum atomic E-state index is -0.175. The summed E-state index contributed by atoms with van der Waals surface area (Å²) in [4.78, 5) is 13.7. The summed E-state index contributed by atoms with van der Waals surface area (Å²) in [5.41, 5.74) is 5.49. The molecule has 15 heavy (non-hydrogen) atoms. The maximum absolute atomic E-state index is 11.5. The summed E-state index contributed by atoms with van der Waals surface area (Å²) < 4.78 is 0. The van der Waals surface area contributed by atoms with E-state index in [1.165, 1.54) is 0 Å². The molecule has 0 bridgehead atoms. The van der Waals surface area contributed by atoms with Gasteiger partial charge in [0.2, 0.25) is 5.91 Å². The average molecular weight is 213 g/mol. The zero-order valence-electron chi connectivity index (χ0n) is 9.83. The second-order valence-corrected chi connectivity index (χ2v) is 4.37. The van der Waals surface area contributed by atoms with Crippen LogP contribution in [0.1, 0.15) is 26.7 Å². The molecule has 0 aliphatic carbocycles. The maximum Gasteiger partial charge on any atom is 0.235 e. The Bertz CT molecular complexity index is 200. The Morgan fingerprint density at radius 2 is 2.20 bits per heavy atom. The number of hydrogen-bond acceptors (Lipinski definition) is 3. The van der Waals surface area contributed by atoms with Crippen LogP contribution in [0.3, 0.4) is 0 Å². The lowest BCUT2D eigenvalue weighted by atomic mass is 9.97. The number of hydrogen-bond donors (Lipinski definition) is 2. The van der Waals surface area contributed by atoms with Gasteiger partial charge in [0.1, 0.15) is 0 Å². The molecule has 2 unspecified atom stereocenters. The van der Waals surface area contributed by atoms with Gasteiger partial charge in [-0.15, -0.1) is 0 Å². The molecule has 0 saturated carbocycles. The number of carbonyl (C=O) groups excluding carboxylic acids is 1. The van der Waals surface area contributed by atoms with E-state index in [0.717, 1.165) is 39.0 Å². The van der Waals surface area contributed by atoms with Crippen LogP contribution >= 0.6 is 0 Å². The number of carbonyl (C=O) groups is 1. The van der Waals surface area contributed by atoms with Gasteiger partial charge < -0.3 is 11.1 Å². The molecule has 0 aromatic rings. The van der Waals surface area contributed by atoms with Crippen LogP contribution in [0, 0.1) is 5.92 Å². The van der Waals surface area contributed by atoms with Gasteiger partial charge in [-0.1, -0.05) is 20.3 Å². The van der Waals surface area contributed by atoms with E-state index in [0.29, 0.717) is 5.92 Å². The summed E-state index contributed by atoms with van der Waals surface area (Å²) in [7, 11) is 0. The zero-order valence-corrected chi connectivity index (χ0v) is 9.83.